The predicted molar refractivity (Wildman–Crippen MR) is 87.5 cm³/mol. The van der Waals surface area contributed by atoms with E-state index in [0.717, 1.165) is 43.0 Å². The van der Waals surface area contributed by atoms with E-state index in [4.69, 9.17) is 16.6 Å². The third kappa shape index (κ3) is 2.75. The topological polar surface area (TPSA) is 29.0 Å². The Morgan fingerprint density at radius 1 is 1.19 bits per heavy atom. The molecular weight excluding hydrogens is 282 g/mol. The molecule has 1 aromatic heterocycles. The van der Waals surface area contributed by atoms with Gasteiger partial charge in [-0.1, -0.05) is 36.7 Å². The Morgan fingerprint density at radius 3 is 2.81 bits per heavy atom. The SMILES string of the molecule is CCc1nc(Cl)c(C)c(N2CCCCc3ccccc32)n1. The van der Waals surface area contributed by atoms with E-state index in [1.54, 1.807) is 0 Å². The first-order valence-electron chi connectivity index (χ1n) is 7.59. The van der Waals surface area contributed by atoms with Gasteiger partial charge in [-0.05, 0) is 37.8 Å². The molecule has 0 radical (unpaired) electrons. The molecule has 3 rings (SSSR count). The van der Waals surface area contributed by atoms with Crippen LogP contribution in [0.2, 0.25) is 5.15 Å². The average molecular weight is 302 g/mol. The summed E-state index contributed by atoms with van der Waals surface area (Å²) < 4.78 is 0. The number of halogens is 1. The Bertz CT molecular complexity index is 654. The molecule has 1 aliphatic rings. The quantitative estimate of drug-likeness (QED) is 0.766. The van der Waals surface area contributed by atoms with Crippen molar-refractivity contribution >= 4 is 23.1 Å². The summed E-state index contributed by atoms with van der Waals surface area (Å²) in [5, 5.41) is 0.568. The molecule has 0 saturated heterocycles. The van der Waals surface area contributed by atoms with Crippen LogP contribution in [0, 0.1) is 6.92 Å². The van der Waals surface area contributed by atoms with E-state index >= 15 is 0 Å². The highest BCUT2D eigenvalue weighted by molar-refractivity contribution is 6.30. The standard InChI is InChI=1S/C17H20ClN3/c1-3-15-19-16(18)12(2)17(20-15)21-11-7-6-9-13-8-4-5-10-14(13)21/h4-5,8,10H,3,6-7,9,11H2,1-2H3. The van der Waals surface area contributed by atoms with Crippen LogP contribution in [0.25, 0.3) is 0 Å². The van der Waals surface area contributed by atoms with Crippen LogP contribution < -0.4 is 4.90 Å². The smallest absolute Gasteiger partial charge is 0.141 e. The monoisotopic (exact) mass is 301 g/mol. The second-order valence-electron chi connectivity index (χ2n) is 5.47. The lowest BCUT2D eigenvalue weighted by Gasteiger charge is -2.26. The first-order valence-corrected chi connectivity index (χ1v) is 7.97. The molecule has 4 heteroatoms. The highest BCUT2D eigenvalue weighted by Gasteiger charge is 2.21. The lowest BCUT2D eigenvalue weighted by atomic mass is 10.1. The highest BCUT2D eigenvalue weighted by Crippen LogP contribution is 2.34. The molecule has 0 bridgehead atoms. The van der Waals surface area contributed by atoms with E-state index in [1.807, 2.05) is 6.92 Å². The van der Waals surface area contributed by atoms with Crippen LogP contribution in [0.1, 0.15) is 36.7 Å². The average Bonchev–Trinajstić information content (AvgIpc) is 2.72. The van der Waals surface area contributed by atoms with Crippen LogP contribution >= 0.6 is 11.6 Å². The van der Waals surface area contributed by atoms with Crippen LogP contribution in [0.3, 0.4) is 0 Å². The van der Waals surface area contributed by atoms with E-state index in [0.29, 0.717) is 5.15 Å². The fourth-order valence-electron chi connectivity index (χ4n) is 2.85. The van der Waals surface area contributed by atoms with E-state index in [2.05, 4.69) is 41.1 Å². The van der Waals surface area contributed by atoms with Crippen LogP contribution in [0.15, 0.2) is 24.3 Å². The molecule has 2 heterocycles. The van der Waals surface area contributed by atoms with Crippen molar-refractivity contribution in [3.05, 3.63) is 46.4 Å². The normalized spacial score (nSPS) is 14.7. The molecule has 1 aromatic carbocycles. The van der Waals surface area contributed by atoms with Crippen molar-refractivity contribution in [2.24, 2.45) is 0 Å². The molecule has 0 amide bonds. The lowest BCUT2D eigenvalue weighted by molar-refractivity contribution is 0.753. The summed E-state index contributed by atoms with van der Waals surface area (Å²) in [6, 6.07) is 8.60. The number of anilines is 2. The molecule has 0 atom stereocenters. The molecule has 0 fully saturated rings. The molecule has 1 aliphatic heterocycles. The van der Waals surface area contributed by atoms with Gasteiger partial charge in [-0.3, -0.25) is 0 Å². The number of benzene rings is 1. The van der Waals surface area contributed by atoms with Gasteiger partial charge in [-0.15, -0.1) is 0 Å². The predicted octanol–water partition coefficient (Wildman–Crippen LogP) is 4.48. The minimum absolute atomic E-state index is 0.568. The summed E-state index contributed by atoms with van der Waals surface area (Å²) in [4.78, 5) is 11.4. The van der Waals surface area contributed by atoms with Crippen LogP contribution in [0.5, 0.6) is 0 Å². The van der Waals surface area contributed by atoms with Gasteiger partial charge < -0.3 is 4.90 Å². The van der Waals surface area contributed by atoms with Crippen LogP contribution in [0.4, 0.5) is 11.5 Å². The Morgan fingerprint density at radius 2 is 2.00 bits per heavy atom. The van der Waals surface area contributed by atoms with Gasteiger partial charge in [-0.2, -0.15) is 0 Å². The number of hydrogen-bond donors (Lipinski definition) is 0. The fraction of sp³-hybridized carbons (Fsp3) is 0.412. The van der Waals surface area contributed by atoms with Crippen molar-refractivity contribution in [1.82, 2.24) is 9.97 Å². The van der Waals surface area contributed by atoms with Gasteiger partial charge in [0.15, 0.2) is 0 Å². The largest absolute Gasteiger partial charge is 0.326 e. The third-order valence-electron chi connectivity index (χ3n) is 4.04. The van der Waals surface area contributed by atoms with E-state index < -0.39 is 0 Å². The van der Waals surface area contributed by atoms with E-state index in [9.17, 15) is 0 Å². The van der Waals surface area contributed by atoms with Gasteiger partial charge in [0, 0.05) is 24.2 Å². The van der Waals surface area contributed by atoms with Gasteiger partial charge in [0.25, 0.3) is 0 Å². The zero-order valence-electron chi connectivity index (χ0n) is 12.6. The summed E-state index contributed by atoms with van der Waals surface area (Å²) >= 11 is 6.31. The maximum absolute atomic E-state index is 6.31. The zero-order chi connectivity index (χ0) is 14.8. The molecule has 0 N–H and O–H groups in total. The van der Waals surface area contributed by atoms with Crippen molar-refractivity contribution in [3.63, 3.8) is 0 Å². The molecule has 0 unspecified atom stereocenters. The second-order valence-corrected chi connectivity index (χ2v) is 5.83. The Hall–Kier alpha value is -1.61. The Labute approximate surface area is 131 Å². The number of aromatic nitrogens is 2. The molecule has 2 aromatic rings. The maximum Gasteiger partial charge on any atom is 0.141 e. The van der Waals surface area contributed by atoms with Gasteiger partial charge in [0.2, 0.25) is 0 Å². The Balaban J connectivity index is 2.14. The van der Waals surface area contributed by atoms with Crippen molar-refractivity contribution in [3.8, 4) is 0 Å². The molecule has 0 aliphatic carbocycles. The number of hydrogen-bond acceptors (Lipinski definition) is 3. The van der Waals surface area contributed by atoms with Crippen molar-refractivity contribution < 1.29 is 0 Å². The molecule has 3 nitrogen and oxygen atoms in total. The minimum atomic E-state index is 0.568. The molecule has 0 spiro atoms. The summed E-state index contributed by atoms with van der Waals surface area (Å²) in [5.74, 6) is 1.77. The maximum atomic E-state index is 6.31. The van der Waals surface area contributed by atoms with E-state index in [-0.39, 0.29) is 0 Å². The second kappa shape index (κ2) is 6.02. The first-order chi connectivity index (χ1) is 10.2. The summed E-state index contributed by atoms with van der Waals surface area (Å²) in [6.07, 6.45) is 4.30. The number of fused-ring (bicyclic) bond motifs is 1. The first kappa shape index (κ1) is 14.3. The molecular formula is C17H20ClN3. The molecule has 21 heavy (non-hydrogen) atoms. The summed E-state index contributed by atoms with van der Waals surface area (Å²) in [6.45, 7) is 5.04. The van der Waals surface area contributed by atoms with Gasteiger partial charge in [0.1, 0.15) is 16.8 Å². The summed E-state index contributed by atoms with van der Waals surface area (Å²) in [5.41, 5.74) is 3.61. The zero-order valence-corrected chi connectivity index (χ0v) is 13.3. The minimum Gasteiger partial charge on any atom is -0.326 e. The molecule has 0 saturated carbocycles. The van der Waals surface area contributed by atoms with Crippen molar-refractivity contribution in [1.29, 1.82) is 0 Å². The Kier molecular flexibility index (Phi) is 4.11. The van der Waals surface area contributed by atoms with Gasteiger partial charge >= 0.3 is 0 Å². The number of nitrogens with zero attached hydrogens (tertiary/aromatic N) is 3. The van der Waals surface area contributed by atoms with Crippen molar-refractivity contribution in [2.75, 3.05) is 11.4 Å². The fourth-order valence-corrected chi connectivity index (χ4v) is 3.03. The van der Waals surface area contributed by atoms with Crippen LogP contribution in [-0.4, -0.2) is 16.5 Å². The van der Waals surface area contributed by atoms with E-state index in [1.165, 1.54) is 17.7 Å². The summed E-state index contributed by atoms with van der Waals surface area (Å²) in [7, 11) is 0. The number of rotatable bonds is 2. The molecule has 110 valence electrons. The number of aryl methyl sites for hydroxylation is 2. The van der Waals surface area contributed by atoms with Crippen LogP contribution in [-0.2, 0) is 12.8 Å². The highest BCUT2D eigenvalue weighted by atomic mass is 35.5. The van der Waals surface area contributed by atoms with Gasteiger partial charge in [-0.25, -0.2) is 9.97 Å². The van der Waals surface area contributed by atoms with Crippen molar-refractivity contribution in [2.45, 2.75) is 39.5 Å². The number of para-hydroxylation sites is 1. The van der Waals surface area contributed by atoms with Gasteiger partial charge in [0.05, 0.1) is 0 Å². The third-order valence-corrected chi connectivity index (χ3v) is 4.41. The lowest BCUT2D eigenvalue weighted by Crippen LogP contribution is -2.21.